The molecule has 2 heterocycles. The van der Waals surface area contributed by atoms with Crippen molar-refractivity contribution >= 4 is 17.5 Å². The van der Waals surface area contributed by atoms with Crippen molar-refractivity contribution in [1.29, 1.82) is 0 Å². The van der Waals surface area contributed by atoms with Crippen molar-refractivity contribution < 1.29 is 9.32 Å². The molecule has 1 aromatic heterocycles. The van der Waals surface area contributed by atoms with E-state index in [1.807, 2.05) is 19.1 Å². The van der Waals surface area contributed by atoms with Crippen LogP contribution in [0.5, 0.6) is 0 Å². The fraction of sp³-hybridized carbons (Fsp3) is 0.471. The molecule has 1 fully saturated rings. The Labute approximate surface area is 146 Å². The summed E-state index contributed by atoms with van der Waals surface area (Å²) >= 11 is 5.87. The van der Waals surface area contributed by atoms with Crippen LogP contribution in [0, 0.1) is 5.92 Å². The van der Waals surface area contributed by atoms with Crippen LogP contribution in [0.2, 0.25) is 5.02 Å². The molecular formula is C17H21ClN4O2. The lowest BCUT2D eigenvalue weighted by Crippen LogP contribution is -2.27. The molecule has 0 aliphatic carbocycles. The number of rotatable bonds is 6. The second-order valence-corrected chi connectivity index (χ2v) is 6.59. The second kappa shape index (κ2) is 7.77. The third kappa shape index (κ3) is 4.33. The maximum atomic E-state index is 12.1. The quantitative estimate of drug-likeness (QED) is 0.839. The smallest absolute Gasteiger partial charge is 0.257 e. The number of nitrogens with one attached hydrogen (secondary N) is 2. The highest BCUT2D eigenvalue weighted by atomic mass is 35.5. The van der Waals surface area contributed by atoms with Gasteiger partial charge < -0.3 is 15.2 Å². The van der Waals surface area contributed by atoms with Gasteiger partial charge in [-0.15, -0.1) is 0 Å². The van der Waals surface area contributed by atoms with Gasteiger partial charge in [-0.25, -0.2) is 0 Å². The number of carbonyl (C=O) groups excluding carboxylic acids is 1. The number of aromatic nitrogens is 2. The van der Waals surface area contributed by atoms with Gasteiger partial charge in [0.1, 0.15) is 0 Å². The number of halogens is 1. The van der Waals surface area contributed by atoms with Gasteiger partial charge in [0.2, 0.25) is 5.91 Å². The Bertz CT molecular complexity index is 680. The van der Waals surface area contributed by atoms with Crippen molar-refractivity contribution in [3.05, 3.63) is 35.1 Å². The number of hydrogen-bond acceptors (Lipinski definition) is 5. The lowest BCUT2D eigenvalue weighted by Gasteiger charge is -2.11. The van der Waals surface area contributed by atoms with Crippen molar-refractivity contribution in [2.45, 2.75) is 32.2 Å². The Morgan fingerprint density at radius 2 is 2.25 bits per heavy atom. The van der Waals surface area contributed by atoms with Crippen molar-refractivity contribution in [1.82, 2.24) is 20.8 Å². The van der Waals surface area contributed by atoms with Gasteiger partial charge >= 0.3 is 0 Å². The molecule has 0 radical (unpaired) electrons. The van der Waals surface area contributed by atoms with Gasteiger partial charge in [-0.05, 0) is 63.0 Å². The van der Waals surface area contributed by atoms with Crippen LogP contribution in [0.4, 0.5) is 0 Å². The Kier molecular flexibility index (Phi) is 5.48. The van der Waals surface area contributed by atoms with E-state index in [-0.39, 0.29) is 11.9 Å². The summed E-state index contributed by atoms with van der Waals surface area (Å²) < 4.78 is 5.27. The zero-order valence-corrected chi connectivity index (χ0v) is 14.3. The van der Waals surface area contributed by atoms with Crippen LogP contribution in [-0.2, 0) is 4.79 Å². The molecule has 2 atom stereocenters. The zero-order chi connectivity index (χ0) is 16.9. The predicted molar refractivity (Wildman–Crippen MR) is 91.5 cm³/mol. The van der Waals surface area contributed by atoms with Crippen LogP contribution in [0.25, 0.3) is 11.5 Å². The summed E-state index contributed by atoms with van der Waals surface area (Å²) in [5, 5.41) is 10.9. The Balaban J connectivity index is 1.54. The fourth-order valence-electron chi connectivity index (χ4n) is 2.79. The summed E-state index contributed by atoms with van der Waals surface area (Å²) in [6.07, 6.45) is 2.59. The summed E-state index contributed by atoms with van der Waals surface area (Å²) in [6.45, 7) is 3.92. The molecule has 128 valence electrons. The lowest BCUT2D eigenvalue weighted by molar-refractivity contribution is -0.122. The van der Waals surface area contributed by atoms with Gasteiger partial charge in [0.25, 0.3) is 5.89 Å². The van der Waals surface area contributed by atoms with E-state index in [2.05, 4.69) is 20.8 Å². The maximum absolute atomic E-state index is 12.1. The average Bonchev–Trinajstić information content (AvgIpc) is 3.25. The maximum Gasteiger partial charge on any atom is 0.257 e. The summed E-state index contributed by atoms with van der Waals surface area (Å²) in [7, 11) is 0. The van der Waals surface area contributed by atoms with E-state index in [1.54, 1.807) is 12.1 Å². The number of carbonyl (C=O) groups is 1. The van der Waals surface area contributed by atoms with Crippen LogP contribution in [0.15, 0.2) is 28.8 Å². The molecule has 0 spiro atoms. The van der Waals surface area contributed by atoms with Gasteiger partial charge in [0.05, 0.1) is 6.04 Å². The summed E-state index contributed by atoms with van der Waals surface area (Å²) in [5.41, 5.74) is 0.797. The molecule has 2 unspecified atom stereocenters. The highest BCUT2D eigenvalue weighted by molar-refractivity contribution is 6.30. The third-order valence-corrected chi connectivity index (χ3v) is 4.49. The largest absolute Gasteiger partial charge is 0.346 e. The molecule has 2 N–H and O–H groups in total. The van der Waals surface area contributed by atoms with E-state index < -0.39 is 0 Å². The van der Waals surface area contributed by atoms with Crippen LogP contribution >= 0.6 is 11.6 Å². The fourth-order valence-corrected chi connectivity index (χ4v) is 2.92. The van der Waals surface area contributed by atoms with Gasteiger partial charge in [-0.2, -0.15) is 4.98 Å². The SMILES string of the molecule is CC(NC(=O)CCC1CCNC1)c1noc(-c2ccc(Cl)cc2)n1. The molecule has 0 bridgehead atoms. The van der Waals surface area contributed by atoms with Crippen molar-refractivity contribution in [2.24, 2.45) is 5.92 Å². The molecule has 3 rings (SSSR count). The minimum atomic E-state index is -0.288. The predicted octanol–water partition coefficient (Wildman–Crippen LogP) is 2.96. The molecule has 7 heteroatoms. The number of benzene rings is 1. The second-order valence-electron chi connectivity index (χ2n) is 6.15. The minimum absolute atomic E-state index is 0.0206. The highest BCUT2D eigenvalue weighted by Crippen LogP contribution is 2.21. The van der Waals surface area contributed by atoms with E-state index in [1.165, 1.54) is 0 Å². The van der Waals surface area contributed by atoms with Crippen molar-refractivity contribution in [3.63, 3.8) is 0 Å². The molecule has 6 nitrogen and oxygen atoms in total. The van der Waals surface area contributed by atoms with Crippen LogP contribution < -0.4 is 10.6 Å². The van der Waals surface area contributed by atoms with Gasteiger partial charge in [0.15, 0.2) is 5.82 Å². The van der Waals surface area contributed by atoms with Gasteiger partial charge in [-0.3, -0.25) is 4.79 Å². The molecule has 24 heavy (non-hydrogen) atoms. The molecule has 0 saturated carbocycles. The molecule has 1 amide bonds. The number of nitrogens with zero attached hydrogens (tertiary/aromatic N) is 2. The molecule has 2 aromatic rings. The van der Waals surface area contributed by atoms with Crippen molar-refractivity contribution in [3.8, 4) is 11.5 Å². The summed E-state index contributed by atoms with van der Waals surface area (Å²) in [5.74, 6) is 1.51. The molecule has 1 saturated heterocycles. The summed E-state index contributed by atoms with van der Waals surface area (Å²) in [6, 6.07) is 6.88. The minimum Gasteiger partial charge on any atom is -0.346 e. The molecule has 1 aliphatic heterocycles. The zero-order valence-electron chi connectivity index (χ0n) is 13.6. The highest BCUT2D eigenvalue weighted by Gasteiger charge is 2.19. The van der Waals surface area contributed by atoms with Gasteiger partial charge in [-0.1, -0.05) is 16.8 Å². The first-order chi connectivity index (χ1) is 11.6. The van der Waals surface area contributed by atoms with E-state index >= 15 is 0 Å². The topological polar surface area (TPSA) is 80.0 Å². The molecule has 1 aliphatic rings. The first-order valence-electron chi connectivity index (χ1n) is 8.21. The third-order valence-electron chi connectivity index (χ3n) is 4.24. The van der Waals surface area contributed by atoms with E-state index in [0.29, 0.717) is 29.1 Å². The van der Waals surface area contributed by atoms with Crippen LogP contribution in [0.1, 0.15) is 38.1 Å². The lowest BCUT2D eigenvalue weighted by atomic mass is 10.0. The first-order valence-corrected chi connectivity index (χ1v) is 8.59. The van der Waals surface area contributed by atoms with Crippen LogP contribution in [-0.4, -0.2) is 29.1 Å². The Morgan fingerprint density at radius 3 is 2.96 bits per heavy atom. The standard InChI is InChI=1S/C17H21ClN4O2/c1-11(20-15(23)7-2-12-8-9-19-10-12)16-21-17(24-22-16)13-3-5-14(18)6-4-13/h3-6,11-12,19H,2,7-10H2,1H3,(H,20,23). The monoisotopic (exact) mass is 348 g/mol. The Morgan fingerprint density at radius 1 is 1.46 bits per heavy atom. The molecular weight excluding hydrogens is 328 g/mol. The average molecular weight is 349 g/mol. The molecule has 1 aromatic carbocycles. The van der Waals surface area contributed by atoms with Gasteiger partial charge in [0, 0.05) is 17.0 Å². The summed E-state index contributed by atoms with van der Waals surface area (Å²) in [4.78, 5) is 16.4. The van der Waals surface area contributed by atoms with E-state index in [9.17, 15) is 4.79 Å². The number of hydrogen-bond donors (Lipinski definition) is 2. The van der Waals surface area contributed by atoms with Crippen molar-refractivity contribution in [2.75, 3.05) is 13.1 Å². The van der Waals surface area contributed by atoms with E-state index in [0.717, 1.165) is 31.5 Å². The van der Waals surface area contributed by atoms with Crippen LogP contribution in [0.3, 0.4) is 0 Å². The van der Waals surface area contributed by atoms with E-state index in [4.69, 9.17) is 16.1 Å². The Hall–Kier alpha value is -1.92. The number of amides is 1. The first kappa shape index (κ1) is 16.9. The normalized spacial score (nSPS) is 18.5.